The summed E-state index contributed by atoms with van der Waals surface area (Å²) in [5, 5.41) is 6.76. The lowest BCUT2D eigenvalue weighted by Crippen LogP contribution is -2.45. The van der Waals surface area contributed by atoms with Crippen LogP contribution in [0, 0.1) is 0 Å². The van der Waals surface area contributed by atoms with Crippen LogP contribution >= 0.6 is 0 Å². The number of nitrogens with one attached hydrogen (secondary N) is 2. The standard InChI is InChI=1S/C24H31N5O/c1-3-25-23(27-17-24(2)13-6-14-30-24)26-15-19-9-11-20(12-10-19)16-29-18-28-21-7-4-5-8-22(21)29/h4-5,7-12,18H,3,6,13-17H2,1-2H3,(H2,25,26,27). The summed E-state index contributed by atoms with van der Waals surface area (Å²) >= 11 is 0. The van der Waals surface area contributed by atoms with Crippen LogP contribution in [0.1, 0.15) is 37.8 Å². The summed E-state index contributed by atoms with van der Waals surface area (Å²) in [7, 11) is 0. The number of para-hydroxylation sites is 2. The minimum absolute atomic E-state index is 0.0880. The van der Waals surface area contributed by atoms with Crippen molar-refractivity contribution in [1.29, 1.82) is 0 Å². The van der Waals surface area contributed by atoms with Crippen molar-refractivity contribution in [1.82, 2.24) is 20.2 Å². The van der Waals surface area contributed by atoms with Crippen molar-refractivity contribution in [2.45, 2.75) is 45.4 Å². The number of aromatic nitrogens is 2. The van der Waals surface area contributed by atoms with Crippen LogP contribution in [0.15, 0.2) is 59.9 Å². The maximum atomic E-state index is 5.86. The lowest BCUT2D eigenvalue weighted by Gasteiger charge is -2.24. The molecule has 6 nitrogen and oxygen atoms in total. The minimum atomic E-state index is -0.0880. The monoisotopic (exact) mass is 405 g/mol. The van der Waals surface area contributed by atoms with Crippen LogP contribution in [0.3, 0.4) is 0 Å². The Balaban J connectivity index is 1.36. The molecule has 1 aliphatic heterocycles. The number of imidazole rings is 1. The predicted molar refractivity (Wildman–Crippen MR) is 122 cm³/mol. The highest BCUT2D eigenvalue weighted by atomic mass is 16.5. The Bertz CT molecular complexity index is 986. The Hall–Kier alpha value is -2.86. The lowest BCUT2D eigenvalue weighted by atomic mass is 10.0. The average molecular weight is 406 g/mol. The van der Waals surface area contributed by atoms with E-state index in [1.807, 2.05) is 18.5 Å². The number of fused-ring (bicyclic) bond motifs is 1. The van der Waals surface area contributed by atoms with Gasteiger partial charge < -0.3 is 19.9 Å². The molecule has 158 valence electrons. The summed E-state index contributed by atoms with van der Waals surface area (Å²) < 4.78 is 8.04. The molecule has 1 unspecified atom stereocenters. The molecular weight excluding hydrogens is 374 g/mol. The molecule has 1 aromatic heterocycles. The molecule has 1 fully saturated rings. The second-order valence-electron chi connectivity index (χ2n) is 8.13. The first kappa shape index (κ1) is 20.4. The van der Waals surface area contributed by atoms with Gasteiger partial charge in [0, 0.05) is 26.2 Å². The SMILES string of the molecule is CCNC(=NCc1ccc(Cn2cnc3ccccc32)cc1)NCC1(C)CCCO1. The van der Waals surface area contributed by atoms with Crippen molar-refractivity contribution < 1.29 is 4.74 Å². The molecule has 2 N–H and O–H groups in total. The highest BCUT2D eigenvalue weighted by molar-refractivity contribution is 5.79. The number of benzene rings is 2. The van der Waals surface area contributed by atoms with Gasteiger partial charge in [0.25, 0.3) is 0 Å². The summed E-state index contributed by atoms with van der Waals surface area (Å²) in [6.45, 7) is 8.16. The van der Waals surface area contributed by atoms with Gasteiger partial charge >= 0.3 is 0 Å². The van der Waals surface area contributed by atoms with Crippen molar-refractivity contribution in [3.05, 3.63) is 66.0 Å². The fraction of sp³-hybridized carbons (Fsp3) is 0.417. The third-order valence-corrected chi connectivity index (χ3v) is 5.60. The quantitative estimate of drug-likeness (QED) is 0.465. The summed E-state index contributed by atoms with van der Waals surface area (Å²) in [5.41, 5.74) is 4.54. The largest absolute Gasteiger partial charge is 0.373 e. The predicted octanol–water partition coefficient (Wildman–Crippen LogP) is 3.71. The van der Waals surface area contributed by atoms with Crippen LogP contribution in [0.25, 0.3) is 11.0 Å². The summed E-state index contributed by atoms with van der Waals surface area (Å²) in [5.74, 6) is 0.836. The van der Waals surface area contributed by atoms with Crippen LogP contribution in [-0.4, -0.2) is 40.8 Å². The molecular formula is C24H31N5O. The van der Waals surface area contributed by atoms with Gasteiger partial charge in [-0.15, -0.1) is 0 Å². The van der Waals surface area contributed by atoms with Crippen LogP contribution in [0.2, 0.25) is 0 Å². The van der Waals surface area contributed by atoms with Crippen LogP contribution in [-0.2, 0) is 17.8 Å². The summed E-state index contributed by atoms with van der Waals surface area (Å²) in [6, 6.07) is 16.9. The second-order valence-corrected chi connectivity index (χ2v) is 8.13. The molecule has 1 saturated heterocycles. The fourth-order valence-electron chi connectivity index (χ4n) is 3.84. The number of hydrogen-bond donors (Lipinski definition) is 2. The van der Waals surface area contributed by atoms with Crippen molar-refractivity contribution >= 4 is 17.0 Å². The van der Waals surface area contributed by atoms with E-state index in [9.17, 15) is 0 Å². The molecule has 2 aromatic carbocycles. The first-order valence-electron chi connectivity index (χ1n) is 10.8. The van der Waals surface area contributed by atoms with E-state index in [2.05, 4.69) is 70.4 Å². The van der Waals surface area contributed by atoms with E-state index in [0.29, 0.717) is 6.54 Å². The minimum Gasteiger partial charge on any atom is -0.373 e. The zero-order valence-electron chi connectivity index (χ0n) is 17.9. The summed E-state index contributed by atoms with van der Waals surface area (Å²) in [4.78, 5) is 9.22. The van der Waals surface area contributed by atoms with Crippen LogP contribution in [0.4, 0.5) is 0 Å². The molecule has 0 spiro atoms. The molecule has 6 heteroatoms. The number of guanidine groups is 1. The van der Waals surface area contributed by atoms with E-state index in [0.717, 1.165) is 56.1 Å². The number of rotatable bonds is 7. The molecule has 4 rings (SSSR count). The molecule has 0 amide bonds. The number of nitrogens with zero attached hydrogens (tertiary/aromatic N) is 3. The van der Waals surface area contributed by atoms with E-state index >= 15 is 0 Å². The normalized spacial score (nSPS) is 19.3. The highest BCUT2D eigenvalue weighted by Gasteiger charge is 2.29. The lowest BCUT2D eigenvalue weighted by molar-refractivity contribution is 0.0243. The molecule has 0 bridgehead atoms. The Morgan fingerprint density at radius 1 is 1.13 bits per heavy atom. The maximum Gasteiger partial charge on any atom is 0.191 e. The van der Waals surface area contributed by atoms with Gasteiger partial charge in [0.05, 0.1) is 29.5 Å². The average Bonchev–Trinajstić information content (AvgIpc) is 3.38. The van der Waals surface area contributed by atoms with Crippen molar-refractivity contribution in [3.63, 3.8) is 0 Å². The van der Waals surface area contributed by atoms with Gasteiger partial charge in [-0.1, -0.05) is 36.4 Å². The van der Waals surface area contributed by atoms with Gasteiger partial charge in [-0.3, -0.25) is 0 Å². The smallest absolute Gasteiger partial charge is 0.191 e. The number of aliphatic imine (C=N–C) groups is 1. The van der Waals surface area contributed by atoms with Crippen LogP contribution < -0.4 is 10.6 Å². The van der Waals surface area contributed by atoms with Gasteiger partial charge in [0.15, 0.2) is 5.96 Å². The van der Waals surface area contributed by atoms with Crippen LogP contribution in [0.5, 0.6) is 0 Å². The fourth-order valence-corrected chi connectivity index (χ4v) is 3.84. The van der Waals surface area contributed by atoms with Gasteiger partial charge in [-0.25, -0.2) is 9.98 Å². The molecule has 30 heavy (non-hydrogen) atoms. The van der Waals surface area contributed by atoms with Crippen molar-refractivity contribution in [2.24, 2.45) is 4.99 Å². The third-order valence-electron chi connectivity index (χ3n) is 5.60. The molecule has 3 aromatic rings. The Labute approximate surface area is 178 Å². The summed E-state index contributed by atoms with van der Waals surface area (Å²) in [6.07, 6.45) is 4.13. The van der Waals surface area contributed by atoms with Gasteiger partial charge in [-0.05, 0) is 49.9 Å². The molecule has 1 aliphatic rings. The zero-order chi connectivity index (χ0) is 20.8. The van der Waals surface area contributed by atoms with E-state index in [1.165, 1.54) is 11.1 Å². The molecule has 0 saturated carbocycles. The molecule has 0 aliphatic carbocycles. The first-order valence-corrected chi connectivity index (χ1v) is 10.8. The first-order chi connectivity index (χ1) is 14.6. The van der Waals surface area contributed by atoms with Gasteiger partial charge in [0.2, 0.25) is 0 Å². The Morgan fingerprint density at radius 3 is 2.70 bits per heavy atom. The van der Waals surface area contributed by atoms with E-state index in [1.54, 1.807) is 0 Å². The molecule has 2 heterocycles. The van der Waals surface area contributed by atoms with E-state index in [-0.39, 0.29) is 5.60 Å². The Morgan fingerprint density at radius 2 is 1.93 bits per heavy atom. The van der Waals surface area contributed by atoms with Gasteiger partial charge in [-0.2, -0.15) is 0 Å². The molecule has 0 radical (unpaired) electrons. The number of hydrogen-bond acceptors (Lipinski definition) is 3. The topological polar surface area (TPSA) is 63.5 Å². The second kappa shape index (κ2) is 9.30. The van der Waals surface area contributed by atoms with Crippen molar-refractivity contribution in [2.75, 3.05) is 19.7 Å². The molecule has 1 atom stereocenters. The number of ether oxygens (including phenoxy) is 1. The van der Waals surface area contributed by atoms with E-state index < -0.39 is 0 Å². The van der Waals surface area contributed by atoms with Gasteiger partial charge in [0.1, 0.15) is 0 Å². The zero-order valence-corrected chi connectivity index (χ0v) is 17.9. The highest BCUT2D eigenvalue weighted by Crippen LogP contribution is 2.23. The third kappa shape index (κ3) is 5.00. The van der Waals surface area contributed by atoms with Crippen molar-refractivity contribution in [3.8, 4) is 0 Å². The maximum absolute atomic E-state index is 5.86. The van der Waals surface area contributed by atoms with E-state index in [4.69, 9.17) is 9.73 Å². The Kier molecular flexibility index (Phi) is 6.33.